The minimum absolute atomic E-state index is 0.00522. The van der Waals surface area contributed by atoms with E-state index in [1.165, 1.54) is 23.5 Å². The fourth-order valence-electron chi connectivity index (χ4n) is 2.90. The molecule has 0 spiro atoms. The smallest absolute Gasteiger partial charge is 0.264 e. The van der Waals surface area contributed by atoms with Gasteiger partial charge in [-0.05, 0) is 42.5 Å². The lowest BCUT2D eigenvalue weighted by atomic mass is 10.1. The maximum atomic E-state index is 13.2. The van der Waals surface area contributed by atoms with E-state index in [4.69, 9.17) is 0 Å². The highest BCUT2D eigenvalue weighted by molar-refractivity contribution is 7.20. The molecule has 1 atom stereocenters. The van der Waals surface area contributed by atoms with Crippen LogP contribution in [0.5, 0.6) is 0 Å². The molecular weight excluding hydrogens is 289 g/mol. The molecule has 1 unspecified atom stereocenters. The summed E-state index contributed by atoms with van der Waals surface area (Å²) >= 11 is 1.39. The third kappa shape index (κ3) is 2.94. The van der Waals surface area contributed by atoms with Crippen LogP contribution in [0.4, 0.5) is 4.39 Å². The van der Waals surface area contributed by atoms with Crippen LogP contribution in [0.3, 0.4) is 0 Å². The van der Waals surface area contributed by atoms with E-state index in [9.17, 15) is 14.3 Å². The van der Waals surface area contributed by atoms with E-state index in [-0.39, 0.29) is 24.4 Å². The number of carbonyl (C=O) groups is 1. The first-order valence-corrected chi connectivity index (χ1v) is 8.11. The average Bonchev–Trinajstić information content (AvgIpc) is 2.75. The Bertz CT molecular complexity index is 655. The third-order valence-corrected chi connectivity index (χ3v) is 5.14. The molecule has 1 aliphatic heterocycles. The predicted molar refractivity (Wildman–Crippen MR) is 82.2 cm³/mol. The minimum atomic E-state index is -0.290. The summed E-state index contributed by atoms with van der Waals surface area (Å²) in [6.07, 6.45) is 3.97. The Balaban J connectivity index is 1.90. The van der Waals surface area contributed by atoms with Crippen LogP contribution in [0.2, 0.25) is 0 Å². The normalized spacial score (nSPS) is 19.7. The molecular formula is C16H18FNO2S. The number of amides is 1. The summed E-state index contributed by atoms with van der Waals surface area (Å²) in [5.74, 6) is -0.333. The number of nitrogens with zero attached hydrogens (tertiary/aromatic N) is 1. The molecule has 1 amide bonds. The quantitative estimate of drug-likeness (QED) is 0.923. The van der Waals surface area contributed by atoms with Crippen LogP contribution < -0.4 is 0 Å². The van der Waals surface area contributed by atoms with Gasteiger partial charge in [-0.1, -0.05) is 12.8 Å². The summed E-state index contributed by atoms with van der Waals surface area (Å²) in [5.41, 5.74) is 0. The maximum absolute atomic E-state index is 13.2. The number of thiophene rings is 1. The van der Waals surface area contributed by atoms with E-state index in [0.29, 0.717) is 11.4 Å². The highest BCUT2D eigenvalue weighted by Crippen LogP contribution is 2.29. The fourth-order valence-corrected chi connectivity index (χ4v) is 3.89. The van der Waals surface area contributed by atoms with Crippen molar-refractivity contribution in [3.63, 3.8) is 0 Å². The Morgan fingerprint density at radius 3 is 3.00 bits per heavy atom. The van der Waals surface area contributed by atoms with Crippen LogP contribution in [0.25, 0.3) is 10.1 Å². The van der Waals surface area contributed by atoms with Crippen molar-refractivity contribution in [2.75, 3.05) is 13.2 Å². The highest BCUT2D eigenvalue weighted by atomic mass is 32.1. The lowest BCUT2D eigenvalue weighted by molar-refractivity contribution is 0.0605. The van der Waals surface area contributed by atoms with Gasteiger partial charge < -0.3 is 10.0 Å². The number of likely N-dealkylation sites (tertiary alicyclic amines) is 1. The number of rotatable bonds is 2. The largest absolute Gasteiger partial charge is 0.394 e. The number of fused-ring (bicyclic) bond motifs is 1. The van der Waals surface area contributed by atoms with E-state index in [2.05, 4.69) is 0 Å². The number of benzene rings is 1. The molecule has 2 heterocycles. The molecule has 1 fully saturated rings. The van der Waals surface area contributed by atoms with Gasteiger partial charge in [-0.2, -0.15) is 0 Å². The second-order valence-corrected chi connectivity index (χ2v) is 6.56. The van der Waals surface area contributed by atoms with Gasteiger partial charge >= 0.3 is 0 Å². The van der Waals surface area contributed by atoms with Crippen molar-refractivity contribution in [3.05, 3.63) is 35.0 Å². The molecule has 0 saturated carbocycles. The number of aliphatic hydroxyl groups is 1. The molecule has 0 aliphatic carbocycles. The summed E-state index contributed by atoms with van der Waals surface area (Å²) in [6, 6.07) is 6.23. The molecule has 0 radical (unpaired) electrons. The van der Waals surface area contributed by atoms with Gasteiger partial charge in [0.15, 0.2) is 0 Å². The zero-order chi connectivity index (χ0) is 14.8. The van der Waals surface area contributed by atoms with E-state index in [1.54, 1.807) is 17.0 Å². The van der Waals surface area contributed by atoms with E-state index >= 15 is 0 Å². The lowest BCUT2D eigenvalue weighted by Gasteiger charge is -2.28. The van der Waals surface area contributed by atoms with Crippen molar-refractivity contribution in [2.45, 2.75) is 31.7 Å². The standard InChI is InChI=1S/C16H18FNO2S/c17-12-5-6-14-11(8-12)9-15(21-14)16(20)18-7-3-1-2-4-13(18)10-19/h5-6,8-9,13,19H,1-4,7,10H2. The van der Waals surface area contributed by atoms with E-state index < -0.39 is 0 Å². The SMILES string of the molecule is O=C(c1cc2cc(F)ccc2s1)N1CCCCCC1CO. The zero-order valence-electron chi connectivity index (χ0n) is 11.7. The van der Waals surface area contributed by atoms with E-state index in [0.717, 1.165) is 35.8 Å². The second kappa shape index (κ2) is 6.12. The Morgan fingerprint density at radius 2 is 2.19 bits per heavy atom. The van der Waals surface area contributed by atoms with Crippen molar-refractivity contribution in [1.29, 1.82) is 0 Å². The number of aliphatic hydroxyl groups excluding tert-OH is 1. The van der Waals surface area contributed by atoms with E-state index in [1.807, 2.05) is 0 Å². The Labute approximate surface area is 127 Å². The van der Waals surface area contributed by atoms with Gasteiger partial charge in [-0.15, -0.1) is 11.3 Å². The van der Waals surface area contributed by atoms with Crippen molar-refractivity contribution in [2.24, 2.45) is 0 Å². The van der Waals surface area contributed by atoms with Gasteiger partial charge in [-0.25, -0.2) is 4.39 Å². The van der Waals surface area contributed by atoms with Gasteiger partial charge in [0.25, 0.3) is 5.91 Å². The molecule has 21 heavy (non-hydrogen) atoms. The molecule has 5 heteroatoms. The first-order valence-electron chi connectivity index (χ1n) is 7.30. The molecule has 1 aromatic heterocycles. The highest BCUT2D eigenvalue weighted by Gasteiger charge is 2.26. The molecule has 1 saturated heterocycles. The number of hydrogen-bond acceptors (Lipinski definition) is 3. The van der Waals surface area contributed by atoms with Crippen molar-refractivity contribution < 1.29 is 14.3 Å². The molecule has 0 bridgehead atoms. The summed E-state index contributed by atoms with van der Waals surface area (Å²) in [7, 11) is 0. The third-order valence-electron chi connectivity index (χ3n) is 4.04. The molecule has 3 rings (SSSR count). The lowest BCUT2D eigenvalue weighted by Crippen LogP contribution is -2.41. The molecule has 2 aromatic rings. The van der Waals surface area contributed by atoms with Crippen molar-refractivity contribution in [3.8, 4) is 0 Å². The summed E-state index contributed by atoms with van der Waals surface area (Å²) < 4.78 is 14.2. The molecule has 1 aromatic carbocycles. The van der Waals surface area contributed by atoms with Crippen LogP contribution >= 0.6 is 11.3 Å². The average molecular weight is 307 g/mol. The molecule has 1 aliphatic rings. The zero-order valence-corrected chi connectivity index (χ0v) is 12.5. The van der Waals surface area contributed by atoms with Crippen LogP contribution in [0.1, 0.15) is 35.4 Å². The van der Waals surface area contributed by atoms with Gasteiger partial charge in [0.1, 0.15) is 5.82 Å². The van der Waals surface area contributed by atoms with Crippen LogP contribution in [0.15, 0.2) is 24.3 Å². The number of halogens is 1. The molecule has 112 valence electrons. The minimum Gasteiger partial charge on any atom is -0.394 e. The van der Waals surface area contributed by atoms with Gasteiger partial charge in [-0.3, -0.25) is 4.79 Å². The van der Waals surface area contributed by atoms with Crippen molar-refractivity contribution >= 4 is 27.3 Å². The Kier molecular flexibility index (Phi) is 4.22. The van der Waals surface area contributed by atoms with Crippen molar-refractivity contribution in [1.82, 2.24) is 4.90 Å². The monoisotopic (exact) mass is 307 g/mol. The van der Waals surface area contributed by atoms with Gasteiger partial charge in [0.05, 0.1) is 17.5 Å². The van der Waals surface area contributed by atoms with Crippen LogP contribution in [0, 0.1) is 5.82 Å². The van der Waals surface area contributed by atoms with Gasteiger partial charge in [0.2, 0.25) is 0 Å². The summed E-state index contributed by atoms with van der Waals surface area (Å²) in [4.78, 5) is 15.1. The Hall–Kier alpha value is -1.46. The fraction of sp³-hybridized carbons (Fsp3) is 0.438. The molecule has 3 nitrogen and oxygen atoms in total. The second-order valence-electron chi connectivity index (χ2n) is 5.48. The first-order chi connectivity index (χ1) is 10.2. The van der Waals surface area contributed by atoms with Gasteiger partial charge in [0, 0.05) is 11.2 Å². The maximum Gasteiger partial charge on any atom is 0.264 e. The number of hydrogen-bond donors (Lipinski definition) is 1. The van der Waals surface area contributed by atoms with Crippen LogP contribution in [-0.2, 0) is 0 Å². The summed E-state index contributed by atoms with van der Waals surface area (Å²) in [6.45, 7) is 0.692. The first kappa shape index (κ1) is 14.5. The predicted octanol–water partition coefficient (Wildman–Crippen LogP) is 3.42. The topological polar surface area (TPSA) is 40.5 Å². The number of carbonyl (C=O) groups excluding carboxylic acids is 1. The summed E-state index contributed by atoms with van der Waals surface area (Å²) in [5, 5.41) is 10.3. The molecule has 1 N–H and O–H groups in total. The van der Waals surface area contributed by atoms with Crippen LogP contribution in [-0.4, -0.2) is 35.1 Å². The Morgan fingerprint density at radius 1 is 1.33 bits per heavy atom.